The molecular formula is C15H23BrN2. The van der Waals surface area contributed by atoms with E-state index in [1.807, 2.05) is 0 Å². The molecule has 1 aromatic rings. The molecule has 0 saturated heterocycles. The van der Waals surface area contributed by atoms with E-state index in [0.717, 1.165) is 6.54 Å². The molecule has 1 aliphatic rings. The summed E-state index contributed by atoms with van der Waals surface area (Å²) in [5.74, 6) is 0.642. The summed E-state index contributed by atoms with van der Waals surface area (Å²) in [5, 5.41) is 3.77. The zero-order valence-electron chi connectivity index (χ0n) is 11.0. The van der Waals surface area contributed by atoms with Crippen LogP contribution in [0.2, 0.25) is 0 Å². The highest BCUT2D eigenvalue weighted by atomic mass is 79.9. The van der Waals surface area contributed by atoms with Crippen LogP contribution in [0.5, 0.6) is 0 Å². The molecule has 1 aliphatic carbocycles. The van der Waals surface area contributed by atoms with Gasteiger partial charge in [-0.05, 0) is 43.9 Å². The normalized spacial score (nSPS) is 25.9. The summed E-state index contributed by atoms with van der Waals surface area (Å²) in [4.78, 5) is 0. The molecule has 3 atom stereocenters. The Bertz CT molecular complexity index is 381. The quantitative estimate of drug-likeness (QED) is 0.891. The Morgan fingerprint density at radius 3 is 2.78 bits per heavy atom. The number of rotatable bonds is 4. The molecule has 18 heavy (non-hydrogen) atoms. The summed E-state index contributed by atoms with van der Waals surface area (Å²) in [6, 6.07) is 9.39. The molecule has 1 saturated carbocycles. The fraction of sp³-hybridized carbons (Fsp3) is 0.600. The van der Waals surface area contributed by atoms with E-state index in [1.54, 1.807) is 0 Å². The van der Waals surface area contributed by atoms with Crippen molar-refractivity contribution in [2.45, 2.75) is 44.7 Å². The van der Waals surface area contributed by atoms with Gasteiger partial charge in [-0.1, -0.05) is 47.0 Å². The molecule has 1 aromatic carbocycles. The molecular weight excluding hydrogens is 288 g/mol. The molecule has 0 radical (unpaired) electrons. The van der Waals surface area contributed by atoms with Crippen LogP contribution in [0.15, 0.2) is 28.7 Å². The van der Waals surface area contributed by atoms with Gasteiger partial charge in [0.15, 0.2) is 0 Å². The van der Waals surface area contributed by atoms with Gasteiger partial charge >= 0.3 is 0 Å². The molecule has 0 spiro atoms. The maximum atomic E-state index is 5.89. The molecule has 2 unspecified atom stereocenters. The monoisotopic (exact) mass is 310 g/mol. The van der Waals surface area contributed by atoms with E-state index in [0.29, 0.717) is 18.0 Å². The SMILES string of the molecule is C[C@@H](NC1CCCCC1CN)c1ccccc1Br. The van der Waals surface area contributed by atoms with Crippen LogP contribution in [-0.4, -0.2) is 12.6 Å². The molecule has 100 valence electrons. The lowest BCUT2D eigenvalue weighted by molar-refractivity contribution is 0.252. The Hall–Kier alpha value is -0.380. The Morgan fingerprint density at radius 1 is 1.33 bits per heavy atom. The van der Waals surface area contributed by atoms with Gasteiger partial charge in [-0.2, -0.15) is 0 Å². The Labute approximate surface area is 118 Å². The standard InChI is InChI=1S/C15H23BrN2/c1-11(13-7-3-4-8-14(13)16)18-15-9-5-2-6-12(15)10-17/h3-4,7-8,11-12,15,18H,2,5-6,9-10,17H2,1H3/t11-,12?,15?/m1/s1. The second-order valence-electron chi connectivity index (χ2n) is 5.30. The van der Waals surface area contributed by atoms with Crippen LogP contribution >= 0.6 is 15.9 Å². The van der Waals surface area contributed by atoms with Crippen LogP contribution in [-0.2, 0) is 0 Å². The molecule has 3 heteroatoms. The Morgan fingerprint density at radius 2 is 2.06 bits per heavy atom. The first kappa shape index (κ1) is 14.0. The Balaban J connectivity index is 2.02. The third kappa shape index (κ3) is 3.34. The van der Waals surface area contributed by atoms with Crippen molar-refractivity contribution >= 4 is 15.9 Å². The smallest absolute Gasteiger partial charge is 0.0305 e. The summed E-state index contributed by atoms with van der Waals surface area (Å²) in [6.45, 7) is 3.04. The van der Waals surface area contributed by atoms with Gasteiger partial charge in [0.25, 0.3) is 0 Å². The summed E-state index contributed by atoms with van der Waals surface area (Å²) < 4.78 is 1.19. The third-order valence-electron chi connectivity index (χ3n) is 4.05. The number of benzene rings is 1. The highest BCUT2D eigenvalue weighted by Gasteiger charge is 2.25. The fourth-order valence-corrected chi connectivity index (χ4v) is 3.57. The summed E-state index contributed by atoms with van der Waals surface area (Å²) in [6.07, 6.45) is 5.20. The number of hydrogen-bond donors (Lipinski definition) is 2. The van der Waals surface area contributed by atoms with E-state index in [1.165, 1.54) is 35.7 Å². The largest absolute Gasteiger partial charge is 0.330 e. The maximum Gasteiger partial charge on any atom is 0.0305 e. The highest BCUT2D eigenvalue weighted by molar-refractivity contribution is 9.10. The van der Waals surface area contributed by atoms with Gasteiger partial charge in [-0.25, -0.2) is 0 Å². The topological polar surface area (TPSA) is 38.0 Å². The van der Waals surface area contributed by atoms with Gasteiger partial charge in [0.2, 0.25) is 0 Å². The minimum atomic E-state index is 0.373. The zero-order chi connectivity index (χ0) is 13.0. The van der Waals surface area contributed by atoms with Gasteiger partial charge in [0.1, 0.15) is 0 Å². The minimum absolute atomic E-state index is 0.373. The fourth-order valence-electron chi connectivity index (χ4n) is 2.95. The predicted molar refractivity (Wildman–Crippen MR) is 80.5 cm³/mol. The average Bonchev–Trinajstić information content (AvgIpc) is 2.39. The van der Waals surface area contributed by atoms with Crippen molar-refractivity contribution in [2.75, 3.05) is 6.54 Å². The molecule has 0 amide bonds. The van der Waals surface area contributed by atoms with Gasteiger partial charge in [-0.3, -0.25) is 0 Å². The van der Waals surface area contributed by atoms with Crippen molar-refractivity contribution in [3.63, 3.8) is 0 Å². The Kier molecular flexibility index (Phi) is 5.22. The third-order valence-corrected chi connectivity index (χ3v) is 4.77. The molecule has 1 fully saturated rings. The van der Waals surface area contributed by atoms with Crippen LogP contribution in [0.4, 0.5) is 0 Å². The first-order valence-electron chi connectivity index (χ1n) is 6.93. The van der Waals surface area contributed by atoms with Crippen molar-refractivity contribution in [3.05, 3.63) is 34.3 Å². The maximum absolute atomic E-state index is 5.89. The minimum Gasteiger partial charge on any atom is -0.330 e. The second-order valence-corrected chi connectivity index (χ2v) is 6.15. The van der Waals surface area contributed by atoms with Gasteiger partial charge in [-0.15, -0.1) is 0 Å². The van der Waals surface area contributed by atoms with Crippen LogP contribution in [0.3, 0.4) is 0 Å². The lowest BCUT2D eigenvalue weighted by Gasteiger charge is -2.34. The van der Waals surface area contributed by atoms with Gasteiger partial charge in [0.05, 0.1) is 0 Å². The van der Waals surface area contributed by atoms with Crippen molar-refractivity contribution in [3.8, 4) is 0 Å². The molecule has 3 N–H and O–H groups in total. The number of nitrogens with two attached hydrogens (primary N) is 1. The van der Waals surface area contributed by atoms with Crippen molar-refractivity contribution in [2.24, 2.45) is 11.7 Å². The highest BCUT2D eigenvalue weighted by Crippen LogP contribution is 2.28. The van der Waals surface area contributed by atoms with E-state index in [2.05, 4.69) is 52.4 Å². The predicted octanol–water partition coefficient (Wildman–Crippen LogP) is 3.62. The molecule has 0 aliphatic heterocycles. The zero-order valence-corrected chi connectivity index (χ0v) is 12.6. The van der Waals surface area contributed by atoms with Crippen LogP contribution in [0, 0.1) is 5.92 Å². The van der Waals surface area contributed by atoms with Gasteiger partial charge in [0, 0.05) is 16.6 Å². The van der Waals surface area contributed by atoms with Crippen LogP contribution < -0.4 is 11.1 Å². The first-order chi connectivity index (χ1) is 8.72. The second kappa shape index (κ2) is 6.69. The van der Waals surface area contributed by atoms with Crippen molar-refractivity contribution in [1.29, 1.82) is 0 Å². The van der Waals surface area contributed by atoms with E-state index < -0.39 is 0 Å². The number of hydrogen-bond acceptors (Lipinski definition) is 2. The van der Waals surface area contributed by atoms with Crippen molar-refractivity contribution < 1.29 is 0 Å². The van der Waals surface area contributed by atoms with Crippen LogP contribution in [0.1, 0.15) is 44.2 Å². The summed E-state index contributed by atoms with van der Waals surface area (Å²) in [7, 11) is 0. The molecule has 0 heterocycles. The number of halogens is 1. The average molecular weight is 311 g/mol. The van der Waals surface area contributed by atoms with Gasteiger partial charge < -0.3 is 11.1 Å². The number of nitrogens with one attached hydrogen (secondary N) is 1. The van der Waals surface area contributed by atoms with E-state index in [9.17, 15) is 0 Å². The summed E-state index contributed by atoms with van der Waals surface area (Å²) in [5.41, 5.74) is 7.22. The molecule has 2 rings (SSSR count). The summed E-state index contributed by atoms with van der Waals surface area (Å²) >= 11 is 3.63. The lowest BCUT2D eigenvalue weighted by Crippen LogP contribution is -2.42. The molecule has 0 bridgehead atoms. The van der Waals surface area contributed by atoms with E-state index in [-0.39, 0.29) is 0 Å². The molecule has 2 nitrogen and oxygen atoms in total. The first-order valence-corrected chi connectivity index (χ1v) is 7.72. The molecule has 0 aromatic heterocycles. The van der Waals surface area contributed by atoms with E-state index in [4.69, 9.17) is 5.73 Å². The van der Waals surface area contributed by atoms with E-state index >= 15 is 0 Å². The van der Waals surface area contributed by atoms with Crippen molar-refractivity contribution in [1.82, 2.24) is 5.32 Å². The van der Waals surface area contributed by atoms with Crippen LogP contribution in [0.25, 0.3) is 0 Å². The lowest BCUT2D eigenvalue weighted by atomic mass is 9.84.